The molecule has 0 unspecified atom stereocenters. The fourth-order valence-corrected chi connectivity index (χ4v) is 2.23. The van der Waals surface area contributed by atoms with Gasteiger partial charge < -0.3 is 4.42 Å². The van der Waals surface area contributed by atoms with Crippen LogP contribution in [0.5, 0.6) is 0 Å². The molecule has 0 fully saturated rings. The molecule has 0 atom stereocenters. The van der Waals surface area contributed by atoms with Crippen molar-refractivity contribution in [2.24, 2.45) is 0 Å². The number of amides is 1. The first-order valence-electron chi connectivity index (χ1n) is 7.55. The molecular formula is C19H18N2O2. The monoisotopic (exact) mass is 306 g/mol. The average Bonchev–Trinajstić information content (AvgIpc) is 3.09. The molecule has 4 heteroatoms. The Kier molecular flexibility index (Phi) is 4.74. The molecule has 0 spiro atoms. The summed E-state index contributed by atoms with van der Waals surface area (Å²) in [6.07, 6.45) is 0.927. The summed E-state index contributed by atoms with van der Waals surface area (Å²) >= 11 is 0. The molecule has 23 heavy (non-hydrogen) atoms. The van der Waals surface area contributed by atoms with Crippen LogP contribution in [0.15, 0.2) is 77.2 Å². The summed E-state index contributed by atoms with van der Waals surface area (Å²) in [5, 5.41) is 0. The maximum Gasteiger partial charge on any atom is 0.238 e. The highest BCUT2D eigenvalue weighted by molar-refractivity contribution is 5.77. The van der Waals surface area contributed by atoms with Gasteiger partial charge in [-0.1, -0.05) is 48.5 Å². The number of hydrazine groups is 1. The summed E-state index contributed by atoms with van der Waals surface area (Å²) in [7, 11) is 0. The first kappa shape index (κ1) is 14.9. The molecule has 0 bridgehead atoms. The number of hydrogen-bond donors (Lipinski definition) is 2. The lowest BCUT2D eigenvalue weighted by Gasteiger charge is -2.07. The van der Waals surface area contributed by atoms with Crippen LogP contribution in [0.25, 0.3) is 11.3 Å². The van der Waals surface area contributed by atoms with Gasteiger partial charge in [0.1, 0.15) is 11.5 Å². The lowest BCUT2D eigenvalue weighted by atomic mass is 10.2. The van der Waals surface area contributed by atoms with Gasteiger partial charge in [-0.15, -0.1) is 0 Å². The van der Waals surface area contributed by atoms with E-state index in [1.165, 1.54) is 0 Å². The van der Waals surface area contributed by atoms with Gasteiger partial charge >= 0.3 is 0 Å². The Morgan fingerprint density at radius 3 is 2.30 bits per heavy atom. The second-order valence-electron chi connectivity index (χ2n) is 5.17. The SMILES string of the molecule is O=C(CCc1ccc(-c2ccccc2)o1)NNc1ccccc1. The van der Waals surface area contributed by atoms with Gasteiger partial charge in [-0.2, -0.15) is 0 Å². The van der Waals surface area contributed by atoms with Crippen LogP contribution < -0.4 is 10.9 Å². The number of hydrogen-bond acceptors (Lipinski definition) is 3. The summed E-state index contributed by atoms with van der Waals surface area (Å²) in [5.74, 6) is 1.55. The molecule has 1 amide bonds. The summed E-state index contributed by atoms with van der Waals surface area (Å²) in [6.45, 7) is 0. The van der Waals surface area contributed by atoms with E-state index in [-0.39, 0.29) is 5.91 Å². The van der Waals surface area contributed by atoms with Crippen molar-refractivity contribution in [1.29, 1.82) is 0 Å². The molecule has 3 rings (SSSR count). The fourth-order valence-electron chi connectivity index (χ4n) is 2.23. The van der Waals surface area contributed by atoms with Crippen LogP contribution in [0.1, 0.15) is 12.2 Å². The van der Waals surface area contributed by atoms with Gasteiger partial charge in [0.05, 0.1) is 5.69 Å². The van der Waals surface area contributed by atoms with Crippen LogP contribution in [0.3, 0.4) is 0 Å². The van der Waals surface area contributed by atoms with E-state index >= 15 is 0 Å². The molecule has 0 saturated carbocycles. The Hall–Kier alpha value is -3.01. The zero-order valence-electron chi connectivity index (χ0n) is 12.7. The first-order chi connectivity index (χ1) is 11.3. The third kappa shape index (κ3) is 4.23. The third-order valence-corrected chi connectivity index (χ3v) is 3.44. The first-order valence-corrected chi connectivity index (χ1v) is 7.55. The number of furan rings is 1. The topological polar surface area (TPSA) is 54.3 Å². The van der Waals surface area contributed by atoms with Crippen molar-refractivity contribution in [1.82, 2.24) is 5.43 Å². The molecule has 2 N–H and O–H groups in total. The van der Waals surface area contributed by atoms with Gasteiger partial charge in [0.15, 0.2) is 0 Å². The minimum atomic E-state index is -0.0773. The Bertz CT molecular complexity index is 751. The Morgan fingerprint density at radius 1 is 0.870 bits per heavy atom. The van der Waals surface area contributed by atoms with Crippen molar-refractivity contribution in [2.75, 3.05) is 5.43 Å². The molecule has 1 heterocycles. The van der Waals surface area contributed by atoms with Crippen LogP contribution in [0, 0.1) is 0 Å². The van der Waals surface area contributed by atoms with Gasteiger partial charge in [-0.25, -0.2) is 0 Å². The summed E-state index contributed by atoms with van der Waals surface area (Å²) in [6, 6.07) is 23.3. The van der Waals surface area contributed by atoms with Crippen molar-refractivity contribution in [2.45, 2.75) is 12.8 Å². The van der Waals surface area contributed by atoms with Crippen LogP contribution in [-0.4, -0.2) is 5.91 Å². The number of carbonyl (C=O) groups excluding carboxylic acids is 1. The predicted molar refractivity (Wildman–Crippen MR) is 90.7 cm³/mol. The van der Waals surface area contributed by atoms with E-state index in [9.17, 15) is 4.79 Å². The molecule has 3 aromatic rings. The second-order valence-corrected chi connectivity index (χ2v) is 5.17. The number of carbonyl (C=O) groups is 1. The summed E-state index contributed by atoms with van der Waals surface area (Å²) < 4.78 is 5.78. The highest BCUT2D eigenvalue weighted by atomic mass is 16.3. The van der Waals surface area contributed by atoms with Crippen molar-refractivity contribution in [3.63, 3.8) is 0 Å². The number of aryl methyl sites for hydroxylation is 1. The minimum absolute atomic E-state index is 0.0773. The predicted octanol–water partition coefficient (Wildman–Crippen LogP) is 4.02. The van der Waals surface area contributed by atoms with Crippen LogP contribution in [-0.2, 0) is 11.2 Å². The summed E-state index contributed by atoms with van der Waals surface area (Å²) in [4.78, 5) is 11.9. The van der Waals surface area contributed by atoms with Crippen molar-refractivity contribution < 1.29 is 9.21 Å². The molecule has 2 aromatic carbocycles. The number of anilines is 1. The maximum absolute atomic E-state index is 11.9. The molecule has 0 aliphatic heterocycles. The molecule has 1 aromatic heterocycles. The minimum Gasteiger partial charge on any atom is -0.461 e. The van der Waals surface area contributed by atoms with E-state index in [4.69, 9.17) is 4.42 Å². The van der Waals surface area contributed by atoms with E-state index < -0.39 is 0 Å². The third-order valence-electron chi connectivity index (χ3n) is 3.44. The number of benzene rings is 2. The van der Waals surface area contributed by atoms with Gasteiger partial charge in [0, 0.05) is 18.4 Å². The molecule has 0 saturated heterocycles. The van der Waals surface area contributed by atoms with E-state index in [1.807, 2.05) is 72.8 Å². The normalized spacial score (nSPS) is 10.3. The van der Waals surface area contributed by atoms with Crippen molar-refractivity contribution >= 4 is 11.6 Å². The summed E-state index contributed by atoms with van der Waals surface area (Å²) in [5.41, 5.74) is 7.45. The van der Waals surface area contributed by atoms with Gasteiger partial charge in [0.2, 0.25) is 5.91 Å². The number of para-hydroxylation sites is 1. The maximum atomic E-state index is 11.9. The van der Waals surface area contributed by atoms with Gasteiger partial charge in [-0.05, 0) is 24.3 Å². The van der Waals surface area contributed by atoms with Crippen molar-refractivity contribution in [3.8, 4) is 11.3 Å². The molecule has 4 nitrogen and oxygen atoms in total. The van der Waals surface area contributed by atoms with Crippen LogP contribution in [0.2, 0.25) is 0 Å². The Balaban J connectivity index is 1.49. The van der Waals surface area contributed by atoms with E-state index in [2.05, 4.69) is 10.9 Å². The van der Waals surface area contributed by atoms with Crippen LogP contribution >= 0.6 is 0 Å². The Morgan fingerprint density at radius 2 is 1.57 bits per heavy atom. The lowest BCUT2D eigenvalue weighted by molar-refractivity contribution is -0.120. The molecule has 116 valence electrons. The highest BCUT2D eigenvalue weighted by Crippen LogP contribution is 2.22. The Labute approximate surface area is 135 Å². The highest BCUT2D eigenvalue weighted by Gasteiger charge is 2.07. The standard InChI is InChI=1S/C19H18N2O2/c22-19(21-20-16-9-5-2-6-10-16)14-12-17-11-13-18(23-17)15-7-3-1-4-8-15/h1-11,13,20H,12,14H2,(H,21,22). The van der Waals surface area contributed by atoms with Crippen molar-refractivity contribution in [3.05, 3.63) is 78.6 Å². The lowest BCUT2D eigenvalue weighted by Crippen LogP contribution is -2.29. The van der Waals surface area contributed by atoms with E-state index in [0.717, 1.165) is 22.8 Å². The zero-order valence-corrected chi connectivity index (χ0v) is 12.7. The van der Waals surface area contributed by atoms with Gasteiger partial charge in [-0.3, -0.25) is 15.6 Å². The number of rotatable bonds is 6. The average molecular weight is 306 g/mol. The van der Waals surface area contributed by atoms with E-state index in [1.54, 1.807) is 0 Å². The molecule has 0 aliphatic carbocycles. The molecule has 0 radical (unpaired) electrons. The van der Waals surface area contributed by atoms with Crippen LogP contribution in [0.4, 0.5) is 5.69 Å². The second kappa shape index (κ2) is 7.31. The van der Waals surface area contributed by atoms with E-state index in [0.29, 0.717) is 12.8 Å². The molecule has 0 aliphatic rings. The quantitative estimate of drug-likeness (QED) is 0.676. The zero-order chi connectivity index (χ0) is 15.9. The fraction of sp³-hybridized carbons (Fsp3) is 0.105. The van der Waals surface area contributed by atoms with Gasteiger partial charge in [0.25, 0.3) is 0 Å². The smallest absolute Gasteiger partial charge is 0.238 e. The number of nitrogens with one attached hydrogen (secondary N) is 2. The largest absolute Gasteiger partial charge is 0.461 e. The molecular weight excluding hydrogens is 288 g/mol.